The number of hydrogen-bond donors (Lipinski definition) is 1. The Balaban J connectivity index is 1.91. The van der Waals surface area contributed by atoms with E-state index in [2.05, 4.69) is 35.0 Å². The van der Waals surface area contributed by atoms with Crippen molar-refractivity contribution in [2.24, 2.45) is 5.92 Å². The number of nitrogens with one attached hydrogen (secondary N) is 1. The van der Waals surface area contributed by atoms with E-state index in [4.69, 9.17) is 0 Å². The first-order chi connectivity index (χ1) is 9.35. The molecule has 1 aliphatic carbocycles. The van der Waals surface area contributed by atoms with Crippen LogP contribution in [0.15, 0.2) is 12.3 Å². The van der Waals surface area contributed by atoms with Gasteiger partial charge < -0.3 is 5.32 Å². The van der Waals surface area contributed by atoms with Gasteiger partial charge in [-0.25, -0.2) is 0 Å². The lowest BCUT2D eigenvalue weighted by atomic mass is 9.85. The van der Waals surface area contributed by atoms with Crippen molar-refractivity contribution in [3.63, 3.8) is 0 Å². The van der Waals surface area contributed by atoms with Gasteiger partial charge in [-0.3, -0.25) is 4.68 Å². The Morgan fingerprint density at radius 2 is 2.11 bits per heavy atom. The lowest BCUT2D eigenvalue weighted by Crippen LogP contribution is -2.24. The molecular formula is C16H29N3. The van der Waals surface area contributed by atoms with Crippen LogP contribution in [0.3, 0.4) is 0 Å². The topological polar surface area (TPSA) is 29.9 Å². The number of aromatic nitrogens is 2. The third kappa shape index (κ3) is 4.07. The highest BCUT2D eigenvalue weighted by atomic mass is 15.3. The second-order valence-electron chi connectivity index (χ2n) is 5.76. The fraction of sp³-hybridized carbons (Fsp3) is 0.812. The minimum absolute atomic E-state index is 0.481. The number of hydrogen-bond acceptors (Lipinski definition) is 2. The quantitative estimate of drug-likeness (QED) is 0.808. The maximum atomic E-state index is 4.41. The predicted molar refractivity (Wildman–Crippen MR) is 80.1 cm³/mol. The van der Waals surface area contributed by atoms with Crippen LogP contribution < -0.4 is 5.32 Å². The van der Waals surface area contributed by atoms with Crippen molar-refractivity contribution >= 4 is 0 Å². The number of nitrogens with zero attached hydrogens (tertiary/aromatic N) is 2. The zero-order valence-electron chi connectivity index (χ0n) is 12.6. The molecule has 1 heterocycles. The van der Waals surface area contributed by atoms with E-state index < -0.39 is 0 Å². The van der Waals surface area contributed by atoms with Gasteiger partial charge in [-0.1, -0.05) is 39.0 Å². The molecule has 1 unspecified atom stereocenters. The van der Waals surface area contributed by atoms with E-state index in [-0.39, 0.29) is 0 Å². The SMILES string of the molecule is CCNC(CCC1CCCCC1)c1ccnn1CC. The van der Waals surface area contributed by atoms with Crippen LogP contribution in [-0.2, 0) is 6.54 Å². The van der Waals surface area contributed by atoms with Gasteiger partial charge in [0.1, 0.15) is 0 Å². The largest absolute Gasteiger partial charge is 0.309 e. The highest BCUT2D eigenvalue weighted by Gasteiger charge is 2.18. The molecule has 0 amide bonds. The fourth-order valence-electron chi connectivity index (χ4n) is 3.38. The summed E-state index contributed by atoms with van der Waals surface area (Å²) in [6, 6.07) is 2.66. The van der Waals surface area contributed by atoms with Crippen LogP contribution in [0.2, 0.25) is 0 Å². The van der Waals surface area contributed by atoms with E-state index >= 15 is 0 Å². The van der Waals surface area contributed by atoms with Crippen LogP contribution in [0, 0.1) is 5.92 Å². The van der Waals surface area contributed by atoms with E-state index in [9.17, 15) is 0 Å². The molecule has 108 valence electrons. The van der Waals surface area contributed by atoms with Gasteiger partial charge >= 0.3 is 0 Å². The number of rotatable bonds is 7. The average molecular weight is 263 g/mol. The zero-order chi connectivity index (χ0) is 13.5. The maximum absolute atomic E-state index is 4.41. The Bertz CT molecular complexity index is 353. The van der Waals surface area contributed by atoms with Gasteiger partial charge in [-0.15, -0.1) is 0 Å². The van der Waals surface area contributed by atoms with Gasteiger partial charge in [0.2, 0.25) is 0 Å². The molecule has 1 fully saturated rings. The molecule has 1 aromatic heterocycles. The summed E-state index contributed by atoms with van der Waals surface area (Å²) >= 11 is 0. The molecule has 0 spiro atoms. The molecule has 2 rings (SSSR count). The molecule has 0 radical (unpaired) electrons. The first-order valence-electron chi connectivity index (χ1n) is 8.10. The van der Waals surface area contributed by atoms with Crippen LogP contribution in [0.5, 0.6) is 0 Å². The van der Waals surface area contributed by atoms with Gasteiger partial charge in [-0.2, -0.15) is 5.10 Å². The van der Waals surface area contributed by atoms with E-state index in [1.807, 2.05) is 6.20 Å². The summed E-state index contributed by atoms with van der Waals surface area (Å²) in [7, 11) is 0. The Labute approximate surface area is 117 Å². The van der Waals surface area contributed by atoms with Crippen LogP contribution in [0.1, 0.15) is 70.5 Å². The molecule has 0 aromatic carbocycles. The fourth-order valence-corrected chi connectivity index (χ4v) is 3.38. The first kappa shape index (κ1) is 14.6. The second-order valence-corrected chi connectivity index (χ2v) is 5.76. The molecule has 1 aliphatic rings. The predicted octanol–water partition coefficient (Wildman–Crippen LogP) is 3.91. The van der Waals surface area contributed by atoms with Gasteiger partial charge in [-0.05, 0) is 38.3 Å². The van der Waals surface area contributed by atoms with Crippen molar-refractivity contribution < 1.29 is 0 Å². The standard InChI is InChI=1S/C16H29N3/c1-3-17-15(16-12-13-18-19(16)4-2)11-10-14-8-6-5-7-9-14/h12-15,17H,3-11H2,1-2H3. The Kier molecular flexibility index (Phi) is 5.90. The Morgan fingerprint density at radius 3 is 2.79 bits per heavy atom. The van der Waals surface area contributed by atoms with Gasteiger partial charge in [0.25, 0.3) is 0 Å². The molecule has 0 aliphatic heterocycles. The Morgan fingerprint density at radius 1 is 1.32 bits per heavy atom. The van der Waals surface area contributed by atoms with Crippen molar-refractivity contribution in [3.8, 4) is 0 Å². The van der Waals surface area contributed by atoms with Crippen molar-refractivity contribution in [1.82, 2.24) is 15.1 Å². The molecule has 0 bridgehead atoms. The molecule has 1 aromatic rings. The molecule has 1 atom stereocenters. The minimum atomic E-state index is 0.481. The molecule has 3 heteroatoms. The highest BCUT2D eigenvalue weighted by Crippen LogP contribution is 2.30. The van der Waals surface area contributed by atoms with Crippen molar-refractivity contribution in [2.75, 3.05) is 6.54 Å². The molecule has 19 heavy (non-hydrogen) atoms. The molecule has 3 nitrogen and oxygen atoms in total. The van der Waals surface area contributed by atoms with Gasteiger partial charge in [0.05, 0.1) is 5.69 Å². The van der Waals surface area contributed by atoms with Gasteiger partial charge in [0.15, 0.2) is 0 Å². The third-order valence-electron chi connectivity index (χ3n) is 4.44. The lowest BCUT2D eigenvalue weighted by Gasteiger charge is -2.25. The van der Waals surface area contributed by atoms with E-state index in [1.54, 1.807) is 0 Å². The smallest absolute Gasteiger partial charge is 0.0553 e. The maximum Gasteiger partial charge on any atom is 0.0553 e. The third-order valence-corrected chi connectivity index (χ3v) is 4.44. The van der Waals surface area contributed by atoms with Gasteiger partial charge in [0, 0.05) is 18.8 Å². The molecule has 1 N–H and O–H groups in total. The van der Waals surface area contributed by atoms with Crippen LogP contribution in [0.25, 0.3) is 0 Å². The van der Waals surface area contributed by atoms with Crippen molar-refractivity contribution in [1.29, 1.82) is 0 Å². The lowest BCUT2D eigenvalue weighted by molar-refractivity contribution is 0.311. The number of aryl methyl sites for hydroxylation is 1. The van der Waals surface area contributed by atoms with E-state index in [0.717, 1.165) is 19.0 Å². The monoisotopic (exact) mass is 263 g/mol. The average Bonchev–Trinajstić information content (AvgIpc) is 2.93. The summed E-state index contributed by atoms with van der Waals surface area (Å²) in [6.45, 7) is 6.36. The van der Waals surface area contributed by atoms with Crippen LogP contribution >= 0.6 is 0 Å². The summed E-state index contributed by atoms with van der Waals surface area (Å²) in [5.74, 6) is 0.966. The van der Waals surface area contributed by atoms with Crippen LogP contribution in [-0.4, -0.2) is 16.3 Å². The summed E-state index contributed by atoms with van der Waals surface area (Å²) in [5, 5.41) is 8.05. The second kappa shape index (κ2) is 7.68. The molecule has 0 saturated heterocycles. The summed E-state index contributed by atoms with van der Waals surface area (Å²) in [5.41, 5.74) is 1.36. The normalized spacial score (nSPS) is 18.6. The highest BCUT2D eigenvalue weighted by molar-refractivity contribution is 5.07. The van der Waals surface area contributed by atoms with Crippen LogP contribution in [0.4, 0.5) is 0 Å². The van der Waals surface area contributed by atoms with Crippen molar-refractivity contribution in [2.45, 2.75) is 71.4 Å². The summed E-state index contributed by atoms with van der Waals surface area (Å²) in [4.78, 5) is 0. The zero-order valence-corrected chi connectivity index (χ0v) is 12.6. The van der Waals surface area contributed by atoms with Crippen molar-refractivity contribution in [3.05, 3.63) is 18.0 Å². The van der Waals surface area contributed by atoms with E-state index in [0.29, 0.717) is 6.04 Å². The summed E-state index contributed by atoms with van der Waals surface area (Å²) in [6.07, 6.45) is 11.8. The minimum Gasteiger partial charge on any atom is -0.309 e. The molecule has 1 saturated carbocycles. The molecular weight excluding hydrogens is 234 g/mol. The Hall–Kier alpha value is -0.830. The van der Waals surface area contributed by atoms with E-state index in [1.165, 1.54) is 50.6 Å². The summed E-state index contributed by atoms with van der Waals surface area (Å²) < 4.78 is 2.13. The first-order valence-corrected chi connectivity index (χ1v) is 8.10.